The smallest absolute Gasteiger partial charge is 0.337 e. The molecule has 23 heteroatoms. The van der Waals surface area contributed by atoms with Crippen LogP contribution in [0.1, 0.15) is 161 Å². The molecule has 0 fully saturated rings. The molecule has 0 radical (unpaired) electrons. The van der Waals surface area contributed by atoms with Gasteiger partial charge in [-0.25, -0.2) is 19.2 Å². The van der Waals surface area contributed by atoms with E-state index in [-0.39, 0.29) is 56.4 Å². The molecule has 0 aliphatic heterocycles. The summed E-state index contributed by atoms with van der Waals surface area (Å²) in [5.74, 6) is -2.96. The monoisotopic (exact) mass is 1560 g/mol. The average Bonchev–Trinajstić information content (AvgIpc) is 0.847. The van der Waals surface area contributed by atoms with Gasteiger partial charge in [-0.1, -0.05) is 79.7 Å². The van der Waals surface area contributed by atoms with E-state index in [0.717, 1.165) is 47.9 Å². The number of hydrogen-bond acceptors (Lipinski definition) is 15. The largest absolute Gasteiger partial charge is 0.507 e. The number of aromatic carboxylic acids is 2. The number of carbonyl (C=O) groups is 8. The van der Waals surface area contributed by atoms with Crippen LogP contribution in [-0.4, -0.2) is 99.5 Å². The number of amides is 4. The van der Waals surface area contributed by atoms with Crippen LogP contribution < -0.4 is 26.0 Å². The normalized spacial score (nSPS) is 10.6. The Kier molecular flexibility index (Phi) is 30.1. The summed E-state index contributed by atoms with van der Waals surface area (Å²) in [5.41, 5.74) is 7.65. The van der Waals surface area contributed by atoms with Crippen molar-refractivity contribution >= 4 is 115 Å². The number of phenolic OH excluding ortho intramolecular Hbond substituents is 4. The maximum absolute atomic E-state index is 12.6. The Balaban J connectivity index is 0.000000236. The molecule has 0 saturated heterocycles. The van der Waals surface area contributed by atoms with Gasteiger partial charge in [0, 0.05) is 12.8 Å². The number of anilines is 4. The van der Waals surface area contributed by atoms with Crippen LogP contribution in [0.15, 0.2) is 152 Å². The molecule has 10 N–H and O–H groups in total. The molecule has 0 heterocycles. The molecule has 516 valence electrons. The predicted octanol–water partition coefficient (Wildman–Crippen LogP) is 15.6. The van der Waals surface area contributed by atoms with Crippen LogP contribution in [0, 0.1) is 30.8 Å². The number of carboxylic acid groups (broad SMARTS) is 2. The molecule has 8 aromatic rings. The zero-order chi connectivity index (χ0) is 72.7. The first-order valence-corrected chi connectivity index (χ1v) is 33.0. The van der Waals surface area contributed by atoms with Gasteiger partial charge in [0.15, 0.2) is 0 Å². The fourth-order valence-corrected chi connectivity index (χ4v) is 10.9. The second kappa shape index (κ2) is 37.5. The molecule has 0 aliphatic carbocycles. The summed E-state index contributed by atoms with van der Waals surface area (Å²) >= 11 is 4.00. The number of carbonyl (C=O) groups excluding carboxylic acids is 6. The van der Waals surface area contributed by atoms with Crippen LogP contribution >= 0.6 is 45.2 Å². The first kappa shape index (κ1) is 78.7. The maximum atomic E-state index is 12.6. The van der Waals surface area contributed by atoms with Gasteiger partial charge in [-0.2, -0.15) is 0 Å². The fraction of sp³-hybridized carbons (Fsp3) is 0.253. The molecule has 21 nitrogen and oxygen atoms in total. The van der Waals surface area contributed by atoms with E-state index in [4.69, 9.17) is 14.9 Å². The lowest BCUT2D eigenvalue weighted by atomic mass is 10.00. The number of phenols is 4. The van der Waals surface area contributed by atoms with E-state index in [2.05, 4.69) is 86.1 Å². The Morgan fingerprint density at radius 1 is 0.357 bits per heavy atom. The van der Waals surface area contributed by atoms with E-state index >= 15 is 0 Å². The van der Waals surface area contributed by atoms with E-state index < -0.39 is 47.5 Å². The highest BCUT2D eigenvalue weighted by Crippen LogP contribution is 2.31. The topological polar surface area (TPSA) is 334 Å². The Bertz CT molecular complexity index is 4190. The summed E-state index contributed by atoms with van der Waals surface area (Å²) in [5, 5.41) is 68.6. The highest BCUT2D eigenvalue weighted by molar-refractivity contribution is 14.1. The number of nitrogens with one attached hydrogen (secondary N) is 4. The lowest BCUT2D eigenvalue weighted by Gasteiger charge is -2.13. The number of ether oxygens (including phenoxy) is 3. The van der Waals surface area contributed by atoms with E-state index in [0.29, 0.717) is 70.4 Å². The van der Waals surface area contributed by atoms with E-state index in [1.165, 1.54) is 100 Å². The predicted molar refractivity (Wildman–Crippen MR) is 393 cm³/mol. The number of benzene rings is 8. The molecule has 0 bridgehead atoms. The van der Waals surface area contributed by atoms with E-state index in [1.54, 1.807) is 66.7 Å². The Morgan fingerprint density at radius 2 is 0.643 bits per heavy atom. The van der Waals surface area contributed by atoms with Crippen molar-refractivity contribution in [2.75, 3.05) is 42.6 Å². The van der Waals surface area contributed by atoms with Crippen molar-refractivity contribution < 1.29 is 83.2 Å². The Morgan fingerprint density at radius 3 is 0.949 bits per heavy atom. The van der Waals surface area contributed by atoms with Crippen LogP contribution in [-0.2, 0) is 35.2 Å². The van der Waals surface area contributed by atoms with Gasteiger partial charge in [-0.3, -0.25) is 19.2 Å². The van der Waals surface area contributed by atoms with Crippen LogP contribution in [0.5, 0.6) is 28.7 Å². The highest BCUT2D eigenvalue weighted by Gasteiger charge is 2.21. The first-order chi connectivity index (χ1) is 46.3. The van der Waals surface area contributed by atoms with Gasteiger partial charge < -0.3 is 66.1 Å². The number of hydrogen-bond donors (Lipinski definition) is 10. The third kappa shape index (κ3) is 24.0. The number of halogens is 2. The van der Waals surface area contributed by atoms with E-state index in [9.17, 15) is 58.8 Å². The van der Waals surface area contributed by atoms with Crippen molar-refractivity contribution in [2.45, 2.75) is 81.1 Å². The zero-order valence-corrected chi connectivity index (χ0v) is 60.3. The van der Waals surface area contributed by atoms with Crippen molar-refractivity contribution in [3.63, 3.8) is 0 Å². The summed E-state index contributed by atoms with van der Waals surface area (Å²) < 4.78 is 15.9. The number of carboxylic acids is 2. The van der Waals surface area contributed by atoms with Crippen LogP contribution in [0.4, 0.5) is 22.7 Å². The third-order valence-electron chi connectivity index (χ3n) is 14.2. The van der Waals surface area contributed by atoms with Gasteiger partial charge in [0.25, 0.3) is 23.6 Å². The van der Waals surface area contributed by atoms with Gasteiger partial charge in [0.2, 0.25) is 0 Å². The molecule has 0 saturated carbocycles. The van der Waals surface area contributed by atoms with Crippen molar-refractivity contribution in [1.82, 2.24) is 0 Å². The SMILES string of the molecule is CC(C)Cc1ccc(O)c(C(=O)Nc2ccc(C(=O)O)cc2)c1.CC(C)Cc1ccc(O)c(C(=O)Nc2ccc(C(=O)O)cc2I)c1.COC(=O)c1ccc(NC(=O)c2cc(CC(C)C)ccc2O)c(I)c1.COC(=O)c1ccc(NC(=O)c2cc(CC(C)C)ccc2O)c(OC)c1. The van der Waals surface area contributed by atoms with Gasteiger partial charge in [-0.05, 0) is 244 Å². The molecule has 98 heavy (non-hydrogen) atoms. The van der Waals surface area contributed by atoms with Crippen LogP contribution in [0.2, 0.25) is 0 Å². The quantitative estimate of drug-likeness (QED) is 0.0236. The second-order valence-electron chi connectivity index (χ2n) is 24.1. The highest BCUT2D eigenvalue weighted by atomic mass is 127. The molecular formula is C75H80I2N4O17. The summed E-state index contributed by atoms with van der Waals surface area (Å²) in [4.78, 5) is 94.8. The number of rotatable bonds is 21. The standard InChI is InChI=1S/C20H23NO5.C19H20INO4.C18H18INO4.C18H19NO4/c1-12(2)9-13-5-8-17(22)15(10-13)19(23)21-16-7-6-14(20(24)26-4)11-18(16)25-3;1-11(2)8-12-4-7-17(22)14(9-12)18(23)21-16-6-5-13(10-15(16)20)19(24)25-3;1-10(2)7-11-3-6-16(21)13(8-11)17(22)20-15-5-4-12(18(23)24)9-14(15)19;1-11(2)9-12-3-8-16(20)15(10-12)17(21)19-14-6-4-13(5-7-14)18(22)23/h5-8,10-12,22H,9H2,1-4H3,(H,21,23);4-7,9-11,22H,8H2,1-3H3,(H,21,23);3-6,8-10,21H,7H2,1-2H3,(H,20,22)(H,23,24);3-8,10-11,20H,9H2,1-2H3,(H,19,21)(H,22,23). The van der Waals surface area contributed by atoms with Crippen molar-refractivity contribution in [3.05, 3.63) is 226 Å². The van der Waals surface area contributed by atoms with Crippen LogP contribution in [0.25, 0.3) is 0 Å². The first-order valence-electron chi connectivity index (χ1n) is 30.8. The summed E-state index contributed by atoms with van der Waals surface area (Å²) in [7, 11) is 4.04. The third-order valence-corrected chi connectivity index (χ3v) is 15.9. The average molecular weight is 1560 g/mol. The molecule has 0 spiro atoms. The van der Waals surface area contributed by atoms with Crippen molar-refractivity contribution in [2.24, 2.45) is 23.7 Å². The molecule has 0 aliphatic rings. The number of methoxy groups -OCH3 is 3. The second-order valence-corrected chi connectivity index (χ2v) is 26.4. The molecule has 0 aromatic heterocycles. The van der Waals surface area contributed by atoms with Crippen LogP contribution in [0.3, 0.4) is 0 Å². The van der Waals surface area contributed by atoms with E-state index in [1.807, 2.05) is 51.2 Å². The van der Waals surface area contributed by atoms with Gasteiger partial charge in [-0.15, -0.1) is 0 Å². The molecule has 4 amide bonds. The van der Waals surface area contributed by atoms with Gasteiger partial charge in [0.1, 0.15) is 28.7 Å². The van der Waals surface area contributed by atoms with Crippen molar-refractivity contribution in [3.8, 4) is 28.7 Å². The lowest BCUT2D eigenvalue weighted by molar-refractivity contribution is 0.0591. The van der Waals surface area contributed by atoms with Gasteiger partial charge in [0.05, 0.1) is 82.9 Å². The lowest BCUT2D eigenvalue weighted by Crippen LogP contribution is -2.14. The molecule has 0 atom stereocenters. The van der Waals surface area contributed by atoms with Crippen molar-refractivity contribution in [1.29, 1.82) is 0 Å². The molecule has 8 rings (SSSR count). The maximum Gasteiger partial charge on any atom is 0.337 e. The number of aromatic hydroxyl groups is 4. The molecule has 8 aromatic carbocycles. The number of esters is 2. The Labute approximate surface area is 596 Å². The minimum atomic E-state index is -1.03. The minimum Gasteiger partial charge on any atom is -0.507 e. The summed E-state index contributed by atoms with van der Waals surface area (Å²) in [6.07, 6.45) is 3.25. The van der Waals surface area contributed by atoms with Gasteiger partial charge >= 0.3 is 23.9 Å². The zero-order valence-electron chi connectivity index (χ0n) is 56.0. The minimum absolute atomic E-state index is 0.0637. The summed E-state index contributed by atoms with van der Waals surface area (Å²) in [6, 6.07) is 39.8. The fourth-order valence-electron chi connectivity index (χ4n) is 9.57. The Hall–Kier alpha value is -10.0. The molecular weight excluding hydrogens is 1480 g/mol. The molecule has 0 unspecified atom stereocenters. The summed E-state index contributed by atoms with van der Waals surface area (Å²) in [6.45, 7) is 16.7.